The number of nitrogens with zero attached hydrogens (tertiary/aromatic N) is 2. The van der Waals surface area contributed by atoms with Crippen molar-refractivity contribution in [3.05, 3.63) is 95.3 Å². The van der Waals surface area contributed by atoms with Crippen molar-refractivity contribution in [1.82, 2.24) is 25.6 Å². The highest BCUT2D eigenvalue weighted by molar-refractivity contribution is 6.07. The van der Waals surface area contributed by atoms with E-state index in [0.29, 0.717) is 41.2 Å². The van der Waals surface area contributed by atoms with E-state index in [4.69, 9.17) is 23.5 Å². The van der Waals surface area contributed by atoms with Crippen LogP contribution in [-0.2, 0) is 21.4 Å². The van der Waals surface area contributed by atoms with Crippen LogP contribution >= 0.6 is 0 Å². The topological polar surface area (TPSA) is 147 Å². The zero-order valence-corrected chi connectivity index (χ0v) is 28.6. The molecular formula is C40H36N6O5. The van der Waals surface area contributed by atoms with Crippen LogP contribution in [0.15, 0.2) is 75.8 Å². The Morgan fingerprint density at radius 1 is 1.00 bits per heavy atom. The summed E-state index contributed by atoms with van der Waals surface area (Å²) in [6.45, 7) is 7.98. The third-order valence-electron chi connectivity index (χ3n) is 10.8. The summed E-state index contributed by atoms with van der Waals surface area (Å²) in [6.07, 6.45) is 3.67. The van der Waals surface area contributed by atoms with Gasteiger partial charge in [-0.25, -0.2) is 9.97 Å². The summed E-state index contributed by atoms with van der Waals surface area (Å²) in [7, 11) is 0. The number of ether oxygens (including phenoxy) is 1. The van der Waals surface area contributed by atoms with Gasteiger partial charge in [-0.2, -0.15) is 0 Å². The maximum absolute atomic E-state index is 14.1. The smallest absolute Gasteiger partial charge is 0.249 e. The van der Waals surface area contributed by atoms with Crippen LogP contribution in [0.25, 0.3) is 44.9 Å². The second-order valence-corrected chi connectivity index (χ2v) is 14.9. The number of benzene rings is 3. The van der Waals surface area contributed by atoms with Gasteiger partial charge in [0.25, 0.3) is 0 Å². The molecule has 7 heterocycles. The highest BCUT2D eigenvalue weighted by Crippen LogP contribution is 2.61. The molecule has 0 saturated carbocycles. The maximum Gasteiger partial charge on any atom is 0.249 e. The molecule has 4 aliphatic rings. The van der Waals surface area contributed by atoms with Crippen LogP contribution < -0.4 is 20.7 Å². The van der Waals surface area contributed by atoms with Crippen molar-refractivity contribution in [2.45, 2.75) is 64.3 Å². The molecule has 4 N–H and O–H groups in total. The van der Waals surface area contributed by atoms with Gasteiger partial charge >= 0.3 is 0 Å². The van der Waals surface area contributed by atoms with Crippen LogP contribution in [0.1, 0.15) is 68.5 Å². The molecule has 2 amide bonds. The minimum Gasteiger partial charge on any atom is -0.469 e. The summed E-state index contributed by atoms with van der Waals surface area (Å²) in [5, 5.41) is 11.0. The van der Waals surface area contributed by atoms with Crippen molar-refractivity contribution in [3.63, 3.8) is 0 Å². The predicted octanol–water partition coefficient (Wildman–Crippen LogP) is 6.84. The molecule has 0 fully saturated rings. The van der Waals surface area contributed by atoms with E-state index in [1.54, 1.807) is 6.20 Å². The average Bonchev–Trinajstić information content (AvgIpc) is 3.92. The molecule has 256 valence electrons. The van der Waals surface area contributed by atoms with Gasteiger partial charge in [-0.1, -0.05) is 70.2 Å². The van der Waals surface area contributed by atoms with Crippen LogP contribution in [0.3, 0.4) is 0 Å². The van der Waals surface area contributed by atoms with Crippen LogP contribution in [0.4, 0.5) is 5.69 Å². The Bertz CT molecular complexity index is 2440. The number of hydrogen-bond donors (Lipinski definition) is 4. The molecule has 3 aromatic heterocycles. The number of para-hydroxylation sites is 1. The predicted molar refractivity (Wildman–Crippen MR) is 190 cm³/mol. The molecule has 10 bridgehead atoms. The van der Waals surface area contributed by atoms with Gasteiger partial charge in [0, 0.05) is 57.9 Å². The SMILES string of the molecule is CC(C)CC(=O)N[C@H]1Cc2ccc3c(c2)[C@]24c5cccc(c5NC2O3)-c2cccc3[nH]cc(c23)-c2cnc(o2)-c2nc(oc24)[C@H](C(C)C)NC1=O. The molecule has 11 nitrogen and oxygen atoms in total. The summed E-state index contributed by atoms with van der Waals surface area (Å²) in [5.41, 5.74) is 6.97. The Hall–Kier alpha value is -5.84. The number of aromatic nitrogens is 3. The number of H-pyrrole nitrogens is 1. The summed E-state index contributed by atoms with van der Waals surface area (Å²) in [5.74, 6) is 1.96. The van der Waals surface area contributed by atoms with Gasteiger partial charge in [0.1, 0.15) is 23.2 Å². The molecule has 0 saturated heterocycles. The summed E-state index contributed by atoms with van der Waals surface area (Å²) in [4.78, 5) is 40.6. The maximum atomic E-state index is 14.1. The van der Waals surface area contributed by atoms with Crippen molar-refractivity contribution in [1.29, 1.82) is 0 Å². The lowest BCUT2D eigenvalue weighted by Crippen LogP contribution is -2.49. The van der Waals surface area contributed by atoms with Crippen LogP contribution in [0.2, 0.25) is 0 Å². The standard InChI is InChI=1S/C40H36N6O5/c1-18(2)13-30(47)43-27-15-20-11-12-28-25(14-20)40-24-9-5-8-22(33(24)46-39(40)50-28)21-7-6-10-26-31(21)23(16-41-26)29-17-42-37(49-29)34-35(40)51-38(45-34)32(19(3)4)44-36(27)48/h5-12,14,16-19,27,32,39,41,46H,13,15H2,1-4H3,(H,43,47)(H,44,48)/t27-,32-,39?,40-/m0/s1. The average molecular weight is 681 g/mol. The second-order valence-electron chi connectivity index (χ2n) is 14.9. The number of fused-ring (bicyclic) bond motifs is 7. The van der Waals surface area contributed by atoms with Crippen LogP contribution in [0.5, 0.6) is 5.75 Å². The molecular weight excluding hydrogens is 644 g/mol. The monoisotopic (exact) mass is 680 g/mol. The molecule has 0 radical (unpaired) electrons. The summed E-state index contributed by atoms with van der Waals surface area (Å²) >= 11 is 0. The molecule has 10 rings (SSSR count). The number of oxazole rings is 2. The molecule has 0 aliphatic carbocycles. The van der Waals surface area contributed by atoms with Crippen molar-refractivity contribution >= 4 is 28.4 Å². The molecule has 1 unspecified atom stereocenters. The third kappa shape index (κ3) is 4.17. The van der Waals surface area contributed by atoms with Crippen molar-refractivity contribution in [2.24, 2.45) is 11.8 Å². The minimum absolute atomic E-state index is 0.116. The zero-order valence-electron chi connectivity index (χ0n) is 28.6. The van der Waals surface area contributed by atoms with E-state index in [2.05, 4.69) is 63.4 Å². The number of amides is 2. The fraction of sp³-hybridized carbons (Fsp3) is 0.300. The molecule has 11 heteroatoms. The second kappa shape index (κ2) is 10.6. The summed E-state index contributed by atoms with van der Waals surface area (Å²) < 4.78 is 20.4. The Morgan fingerprint density at radius 3 is 2.69 bits per heavy atom. The minimum atomic E-state index is -1.01. The van der Waals surface area contributed by atoms with Gasteiger partial charge in [-0.3, -0.25) is 9.59 Å². The molecule has 4 aliphatic heterocycles. The van der Waals surface area contributed by atoms with Crippen LogP contribution in [0, 0.1) is 11.8 Å². The Morgan fingerprint density at radius 2 is 1.84 bits per heavy atom. The quantitative estimate of drug-likeness (QED) is 0.158. The first-order valence-corrected chi connectivity index (χ1v) is 17.6. The fourth-order valence-electron chi connectivity index (χ4n) is 8.48. The first-order chi connectivity index (χ1) is 24.7. The number of rotatable bonds is 4. The lowest BCUT2D eigenvalue weighted by molar-refractivity contribution is -0.130. The molecule has 4 atom stereocenters. The van der Waals surface area contributed by atoms with E-state index in [1.165, 1.54) is 0 Å². The highest BCUT2D eigenvalue weighted by atomic mass is 16.5. The Kier molecular flexibility index (Phi) is 6.23. The van der Waals surface area contributed by atoms with E-state index in [-0.39, 0.29) is 30.1 Å². The normalized spacial score (nSPS) is 22.2. The van der Waals surface area contributed by atoms with Gasteiger partial charge in [0.2, 0.25) is 23.6 Å². The van der Waals surface area contributed by atoms with Gasteiger partial charge in [-0.15, -0.1) is 0 Å². The van der Waals surface area contributed by atoms with E-state index >= 15 is 0 Å². The van der Waals surface area contributed by atoms with E-state index in [1.807, 2.05) is 46.0 Å². The van der Waals surface area contributed by atoms with Gasteiger partial charge in [-0.05, 0) is 35.1 Å². The molecule has 1 spiro atoms. The number of anilines is 1. The number of nitrogens with one attached hydrogen (secondary N) is 4. The first kappa shape index (κ1) is 30.0. The summed E-state index contributed by atoms with van der Waals surface area (Å²) in [6, 6.07) is 17.1. The highest BCUT2D eigenvalue weighted by Gasteiger charge is 2.61. The number of hydrogen-bond acceptors (Lipinski definition) is 8. The fourth-order valence-corrected chi connectivity index (χ4v) is 8.48. The molecule has 6 aromatic rings. The van der Waals surface area contributed by atoms with Crippen molar-refractivity contribution in [3.8, 4) is 39.8 Å². The van der Waals surface area contributed by atoms with Crippen LogP contribution in [-0.4, -0.2) is 39.0 Å². The van der Waals surface area contributed by atoms with E-state index in [0.717, 1.165) is 50.0 Å². The molecule has 51 heavy (non-hydrogen) atoms. The van der Waals surface area contributed by atoms with E-state index in [9.17, 15) is 9.59 Å². The van der Waals surface area contributed by atoms with Gasteiger partial charge in [0.15, 0.2) is 23.4 Å². The lowest BCUT2D eigenvalue weighted by Gasteiger charge is -2.29. The zero-order chi connectivity index (χ0) is 34.8. The Balaban J connectivity index is 1.29. The van der Waals surface area contributed by atoms with Gasteiger partial charge < -0.3 is 34.5 Å². The molecule has 3 aromatic carbocycles. The lowest BCUT2D eigenvalue weighted by atomic mass is 9.72. The first-order valence-electron chi connectivity index (χ1n) is 17.6. The number of carbonyl (C=O) groups is 2. The Labute approximate surface area is 293 Å². The van der Waals surface area contributed by atoms with E-state index < -0.39 is 23.7 Å². The number of carbonyl (C=O) groups excluding carboxylic acids is 2. The van der Waals surface area contributed by atoms with Gasteiger partial charge in [0.05, 0.1) is 6.20 Å². The van der Waals surface area contributed by atoms with Crippen molar-refractivity contribution in [2.75, 3.05) is 5.32 Å². The third-order valence-corrected chi connectivity index (χ3v) is 10.8. The largest absolute Gasteiger partial charge is 0.469 e. The number of aromatic amines is 1. The van der Waals surface area contributed by atoms with Crippen molar-refractivity contribution < 1.29 is 23.2 Å².